The minimum atomic E-state index is 0.461. The highest BCUT2D eigenvalue weighted by Crippen LogP contribution is 2.22. The van der Waals surface area contributed by atoms with Gasteiger partial charge in [-0.1, -0.05) is 132 Å². The van der Waals surface area contributed by atoms with Crippen LogP contribution in [0.1, 0.15) is 133 Å². The summed E-state index contributed by atoms with van der Waals surface area (Å²) in [7, 11) is 0. The first kappa shape index (κ1) is 29.2. The lowest BCUT2D eigenvalue weighted by Crippen LogP contribution is -2.42. The van der Waals surface area contributed by atoms with Crippen LogP contribution in [0.5, 0.6) is 0 Å². The minimum absolute atomic E-state index is 0.461. The third kappa shape index (κ3) is 9.80. The van der Waals surface area contributed by atoms with Gasteiger partial charge in [-0.3, -0.25) is 0 Å². The summed E-state index contributed by atoms with van der Waals surface area (Å²) in [5.74, 6) is 1.97. The molecule has 1 atom stereocenters. The van der Waals surface area contributed by atoms with E-state index < -0.39 is 0 Å². The van der Waals surface area contributed by atoms with Crippen molar-refractivity contribution in [1.82, 2.24) is 4.57 Å². The fourth-order valence-electron chi connectivity index (χ4n) is 5.60. The number of hydrogen-bond acceptors (Lipinski definition) is 0. The van der Waals surface area contributed by atoms with Crippen LogP contribution in [0.2, 0.25) is 0 Å². The molecular weight excluding hydrogens is 448 g/mol. The van der Waals surface area contributed by atoms with Gasteiger partial charge in [0.05, 0.1) is 19.0 Å². The maximum Gasteiger partial charge on any atom is 0.261 e. The largest absolute Gasteiger partial charge is 0.261 e. The second-order valence-corrected chi connectivity index (χ2v) is 11.4. The van der Waals surface area contributed by atoms with E-state index in [0.29, 0.717) is 12.0 Å². The van der Waals surface area contributed by atoms with E-state index in [1.807, 2.05) is 0 Å². The van der Waals surface area contributed by atoms with E-state index in [1.54, 1.807) is 0 Å². The van der Waals surface area contributed by atoms with Gasteiger partial charge >= 0.3 is 0 Å². The first-order valence-corrected chi connectivity index (χ1v) is 15.3. The molecule has 0 N–H and O–H groups in total. The van der Waals surface area contributed by atoms with Crippen molar-refractivity contribution in [3.05, 3.63) is 89.5 Å². The van der Waals surface area contributed by atoms with Crippen LogP contribution in [0.25, 0.3) is 0 Å². The number of hydrogen-bond donors (Lipinski definition) is 0. The van der Waals surface area contributed by atoms with Gasteiger partial charge in [0.25, 0.3) is 5.82 Å². The predicted molar refractivity (Wildman–Crippen MR) is 159 cm³/mol. The molecule has 2 nitrogen and oxygen atoms in total. The molecule has 0 spiro atoms. The van der Waals surface area contributed by atoms with Crippen LogP contribution in [0.3, 0.4) is 0 Å². The van der Waals surface area contributed by atoms with Crippen LogP contribution >= 0.6 is 0 Å². The van der Waals surface area contributed by atoms with Crippen LogP contribution in [0.15, 0.2) is 66.9 Å². The number of benzene rings is 2. The molecule has 37 heavy (non-hydrogen) atoms. The average molecular weight is 502 g/mol. The van der Waals surface area contributed by atoms with Gasteiger partial charge in [-0.2, -0.15) is 0 Å². The van der Waals surface area contributed by atoms with E-state index >= 15 is 0 Å². The van der Waals surface area contributed by atoms with Gasteiger partial charge in [-0.25, -0.2) is 9.13 Å². The van der Waals surface area contributed by atoms with Crippen molar-refractivity contribution in [2.45, 2.75) is 130 Å². The van der Waals surface area contributed by atoms with Crippen LogP contribution < -0.4 is 4.57 Å². The summed E-state index contributed by atoms with van der Waals surface area (Å²) < 4.78 is 5.22. The second kappa shape index (κ2) is 16.5. The van der Waals surface area contributed by atoms with Gasteiger partial charge < -0.3 is 0 Å². The molecule has 1 aromatic heterocycles. The van der Waals surface area contributed by atoms with Gasteiger partial charge in [0, 0.05) is 6.42 Å². The number of rotatable bonds is 18. The topological polar surface area (TPSA) is 8.81 Å². The maximum atomic E-state index is 2.68. The van der Waals surface area contributed by atoms with Crippen LogP contribution in [0.4, 0.5) is 0 Å². The van der Waals surface area contributed by atoms with Crippen molar-refractivity contribution in [2.75, 3.05) is 0 Å². The van der Waals surface area contributed by atoms with Gasteiger partial charge in [0.2, 0.25) is 0 Å². The Labute approximate surface area is 228 Å². The minimum Gasteiger partial charge on any atom is -0.232 e. The molecule has 2 aromatic carbocycles. The van der Waals surface area contributed by atoms with E-state index in [4.69, 9.17) is 0 Å². The molecule has 0 aliphatic carbocycles. The smallest absolute Gasteiger partial charge is 0.232 e. The molecule has 3 rings (SSSR count). The van der Waals surface area contributed by atoms with Gasteiger partial charge in [-0.05, 0) is 43.7 Å². The second-order valence-electron chi connectivity index (χ2n) is 11.4. The lowest BCUT2D eigenvalue weighted by atomic mass is 9.96. The zero-order chi connectivity index (χ0) is 26.3. The molecule has 0 radical (unpaired) electrons. The van der Waals surface area contributed by atoms with Crippen molar-refractivity contribution in [3.8, 4) is 0 Å². The van der Waals surface area contributed by atoms with E-state index in [1.165, 1.54) is 93.3 Å². The zero-order valence-electron chi connectivity index (χ0n) is 24.3. The Morgan fingerprint density at radius 3 is 1.78 bits per heavy atom. The summed E-state index contributed by atoms with van der Waals surface area (Å²) in [5.41, 5.74) is 4.33. The molecule has 202 valence electrons. The van der Waals surface area contributed by atoms with E-state index in [2.05, 4.69) is 104 Å². The molecule has 2 heteroatoms. The molecular formula is C35H53N2+. The standard InChI is InChI=1S/C35H53N2/c1-5-6-7-8-9-10-11-12-13-14-21-26-36-34(27-31(4)33-24-19-16-20-25-33)29-37(30(2)3)35(36)28-32-22-17-15-18-23-32/h15-20,22-25,29-31H,5-14,21,26-28H2,1-4H3/q+1. The fourth-order valence-corrected chi connectivity index (χ4v) is 5.60. The van der Waals surface area contributed by atoms with Crippen LogP contribution in [0, 0.1) is 0 Å². The molecule has 0 saturated carbocycles. The Hall–Kier alpha value is -2.35. The number of unbranched alkanes of at least 4 members (excludes halogenated alkanes) is 10. The highest BCUT2D eigenvalue weighted by atomic mass is 15.2. The number of aromatic nitrogens is 2. The van der Waals surface area contributed by atoms with Crippen molar-refractivity contribution in [2.24, 2.45) is 0 Å². The van der Waals surface area contributed by atoms with Crippen molar-refractivity contribution >= 4 is 0 Å². The molecule has 1 unspecified atom stereocenters. The first-order chi connectivity index (χ1) is 18.1. The third-order valence-corrected chi connectivity index (χ3v) is 7.88. The Morgan fingerprint density at radius 1 is 0.676 bits per heavy atom. The van der Waals surface area contributed by atoms with Gasteiger partial charge in [0.15, 0.2) is 0 Å². The van der Waals surface area contributed by atoms with E-state index in [9.17, 15) is 0 Å². The molecule has 0 amide bonds. The molecule has 1 heterocycles. The fraction of sp³-hybridized carbons (Fsp3) is 0.571. The molecule has 0 fully saturated rings. The molecule has 0 aliphatic rings. The molecule has 3 aromatic rings. The van der Waals surface area contributed by atoms with Crippen LogP contribution in [-0.2, 0) is 19.4 Å². The molecule has 0 aliphatic heterocycles. The van der Waals surface area contributed by atoms with Gasteiger partial charge in [-0.15, -0.1) is 0 Å². The Balaban J connectivity index is 1.65. The Morgan fingerprint density at radius 2 is 1.22 bits per heavy atom. The van der Waals surface area contributed by atoms with Crippen molar-refractivity contribution in [1.29, 1.82) is 0 Å². The lowest BCUT2D eigenvalue weighted by molar-refractivity contribution is -0.710. The van der Waals surface area contributed by atoms with Gasteiger partial charge in [0.1, 0.15) is 11.9 Å². The molecule has 0 saturated heterocycles. The zero-order valence-corrected chi connectivity index (χ0v) is 24.3. The van der Waals surface area contributed by atoms with E-state index in [0.717, 1.165) is 19.4 Å². The summed E-state index contributed by atoms with van der Waals surface area (Å²) in [5, 5.41) is 0. The third-order valence-electron chi connectivity index (χ3n) is 7.88. The maximum absolute atomic E-state index is 2.68. The monoisotopic (exact) mass is 501 g/mol. The normalized spacial score (nSPS) is 12.4. The highest BCUT2D eigenvalue weighted by Gasteiger charge is 2.26. The van der Waals surface area contributed by atoms with Crippen molar-refractivity contribution in [3.63, 3.8) is 0 Å². The first-order valence-electron chi connectivity index (χ1n) is 15.3. The lowest BCUT2D eigenvalue weighted by Gasteiger charge is -2.12. The molecule has 0 bridgehead atoms. The van der Waals surface area contributed by atoms with Crippen molar-refractivity contribution < 1.29 is 4.57 Å². The quantitative estimate of drug-likeness (QED) is 0.121. The summed E-state index contributed by atoms with van der Waals surface area (Å²) in [6.45, 7) is 10.5. The summed E-state index contributed by atoms with van der Waals surface area (Å²) in [6.07, 6.45) is 19.8. The average Bonchev–Trinajstić information content (AvgIpc) is 3.25. The summed E-state index contributed by atoms with van der Waals surface area (Å²) in [4.78, 5) is 0. The summed E-state index contributed by atoms with van der Waals surface area (Å²) >= 11 is 0. The Bertz CT molecular complexity index is 987. The number of imidazole rings is 1. The van der Waals surface area contributed by atoms with Crippen LogP contribution in [-0.4, -0.2) is 4.57 Å². The summed E-state index contributed by atoms with van der Waals surface area (Å²) in [6, 6.07) is 22.5. The predicted octanol–water partition coefficient (Wildman–Crippen LogP) is 9.60. The SMILES string of the molecule is CCCCCCCCCCCCC[n+]1c(CC(C)c2ccccc2)cn(C(C)C)c1Cc1ccccc1. The van der Waals surface area contributed by atoms with E-state index in [-0.39, 0.29) is 0 Å². The highest BCUT2D eigenvalue weighted by molar-refractivity contribution is 5.21. The Kier molecular flexibility index (Phi) is 13.0. The number of nitrogens with zero attached hydrogens (tertiary/aromatic N) is 2.